The van der Waals surface area contributed by atoms with Gasteiger partial charge in [0.15, 0.2) is 5.78 Å². The van der Waals surface area contributed by atoms with Gasteiger partial charge < -0.3 is 5.73 Å². The monoisotopic (exact) mass is 225 g/mol. The van der Waals surface area contributed by atoms with Gasteiger partial charge in [0.1, 0.15) is 0 Å². The first-order valence-corrected chi connectivity index (χ1v) is 5.64. The van der Waals surface area contributed by atoms with Crippen molar-refractivity contribution in [2.45, 2.75) is 13.0 Å². The summed E-state index contributed by atoms with van der Waals surface area (Å²) in [7, 11) is 0. The van der Waals surface area contributed by atoms with E-state index in [1.54, 1.807) is 0 Å². The number of hydrogen-bond donors (Lipinski definition) is 1. The summed E-state index contributed by atoms with van der Waals surface area (Å²) in [4.78, 5) is 12.2. The number of ketones is 1. The molecule has 0 aliphatic heterocycles. The molecule has 0 aromatic heterocycles. The number of carbonyl (C=O) groups is 1. The lowest BCUT2D eigenvalue weighted by Crippen LogP contribution is -2.07. The molecule has 0 saturated heterocycles. The third kappa shape index (κ3) is 2.60. The average Bonchev–Trinajstić information content (AvgIpc) is 2.39. The molecule has 2 aromatic rings. The maximum atomic E-state index is 12.2. The average molecular weight is 225 g/mol. The van der Waals surface area contributed by atoms with Gasteiger partial charge in [-0.3, -0.25) is 4.79 Å². The molecule has 2 N–H and O–H groups in total. The van der Waals surface area contributed by atoms with Crippen LogP contribution >= 0.6 is 0 Å². The van der Waals surface area contributed by atoms with Gasteiger partial charge in [-0.2, -0.15) is 0 Å². The minimum absolute atomic E-state index is 0.0353. The van der Waals surface area contributed by atoms with Crippen molar-refractivity contribution in [1.29, 1.82) is 0 Å². The molecular formula is C15H15NO. The Labute approximate surface area is 101 Å². The van der Waals surface area contributed by atoms with Crippen LogP contribution in [0.25, 0.3) is 0 Å². The molecule has 0 aliphatic rings. The first-order chi connectivity index (χ1) is 8.18. The molecule has 0 aliphatic carbocycles. The summed E-state index contributed by atoms with van der Waals surface area (Å²) in [5.41, 5.74) is 8.18. The molecule has 0 unspecified atom stereocenters. The summed E-state index contributed by atoms with van der Waals surface area (Å²) in [6.07, 6.45) is 0. The molecule has 1 atom stereocenters. The van der Waals surface area contributed by atoms with Crippen LogP contribution in [0.15, 0.2) is 54.6 Å². The molecule has 0 amide bonds. The molecule has 17 heavy (non-hydrogen) atoms. The van der Waals surface area contributed by atoms with Crippen LogP contribution in [-0.2, 0) is 0 Å². The van der Waals surface area contributed by atoms with Gasteiger partial charge in [-0.15, -0.1) is 0 Å². The molecule has 86 valence electrons. The van der Waals surface area contributed by atoms with E-state index in [0.717, 1.165) is 5.56 Å². The van der Waals surface area contributed by atoms with Gasteiger partial charge in [0.25, 0.3) is 0 Å². The normalized spacial score (nSPS) is 12.1. The molecule has 0 saturated carbocycles. The van der Waals surface area contributed by atoms with Crippen molar-refractivity contribution in [2.75, 3.05) is 0 Å². The van der Waals surface area contributed by atoms with Crippen LogP contribution in [0.4, 0.5) is 0 Å². The van der Waals surface area contributed by atoms with Crippen LogP contribution < -0.4 is 5.73 Å². The fourth-order valence-electron chi connectivity index (χ4n) is 1.72. The van der Waals surface area contributed by atoms with Gasteiger partial charge in [0.2, 0.25) is 0 Å². The van der Waals surface area contributed by atoms with Gasteiger partial charge in [0, 0.05) is 17.2 Å². The van der Waals surface area contributed by atoms with E-state index in [2.05, 4.69) is 0 Å². The summed E-state index contributed by atoms with van der Waals surface area (Å²) >= 11 is 0. The van der Waals surface area contributed by atoms with Crippen LogP contribution in [0.1, 0.15) is 34.5 Å². The predicted molar refractivity (Wildman–Crippen MR) is 68.9 cm³/mol. The van der Waals surface area contributed by atoms with Crippen molar-refractivity contribution in [1.82, 2.24) is 0 Å². The predicted octanol–water partition coefficient (Wildman–Crippen LogP) is 2.94. The van der Waals surface area contributed by atoms with E-state index in [4.69, 9.17) is 5.73 Å². The first-order valence-electron chi connectivity index (χ1n) is 5.64. The Morgan fingerprint density at radius 2 is 1.65 bits per heavy atom. The maximum absolute atomic E-state index is 12.2. The molecule has 0 bridgehead atoms. The summed E-state index contributed by atoms with van der Waals surface area (Å²) in [5, 5.41) is 0. The summed E-state index contributed by atoms with van der Waals surface area (Å²) in [5.74, 6) is 0.0353. The number of nitrogens with two attached hydrogens (primary N) is 1. The Morgan fingerprint density at radius 3 is 2.29 bits per heavy atom. The van der Waals surface area contributed by atoms with E-state index < -0.39 is 0 Å². The second-order valence-electron chi connectivity index (χ2n) is 4.11. The lowest BCUT2D eigenvalue weighted by Gasteiger charge is -2.07. The Morgan fingerprint density at radius 1 is 1.00 bits per heavy atom. The zero-order valence-corrected chi connectivity index (χ0v) is 9.76. The highest BCUT2D eigenvalue weighted by atomic mass is 16.1. The van der Waals surface area contributed by atoms with Crippen LogP contribution in [0, 0.1) is 0 Å². The second kappa shape index (κ2) is 4.93. The van der Waals surface area contributed by atoms with Crippen LogP contribution in [0.5, 0.6) is 0 Å². The van der Waals surface area contributed by atoms with Gasteiger partial charge in [-0.25, -0.2) is 0 Å². The largest absolute Gasteiger partial charge is 0.324 e. The quantitative estimate of drug-likeness (QED) is 0.816. The van der Waals surface area contributed by atoms with E-state index in [1.165, 1.54) is 0 Å². The van der Waals surface area contributed by atoms with Gasteiger partial charge in [0.05, 0.1) is 0 Å². The highest BCUT2D eigenvalue weighted by molar-refractivity contribution is 6.09. The smallest absolute Gasteiger partial charge is 0.193 e. The second-order valence-corrected chi connectivity index (χ2v) is 4.11. The SMILES string of the molecule is C[C@@H](N)c1cccc(C(=O)c2ccccc2)c1. The molecule has 0 heterocycles. The van der Waals surface area contributed by atoms with E-state index in [-0.39, 0.29) is 11.8 Å². The van der Waals surface area contributed by atoms with Crippen molar-refractivity contribution in [3.05, 3.63) is 71.3 Å². The third-order valence-electron chi connectivity index (χ3n) is 2.71. The van der Waals surface area contributed by atoms with Gasteiger partial charge >= 0.3 is 0 Å². The van der Waals surface area contributed by atoms with Crippen LogP contribution in [0.3, 0.4) is 0 Å². The molecule has 0 spiro atoms. The summed E-state index contributed by atoms with van der Waals surface area (Å²) < 4.78 is 0. The molecular weight excluding hydrogens is 210 g/mol. The van der Waals surface area contributed by atoms with Gasteiger partial charge in [-0.1, -0.05) is 48.5 Å². The van der Waals surface area contributed by atoms with Crippen molar-refractivity contribution < 1.29 is 4.79 Å². The Hall–Kier alpha value is -1.93. The maximum Gasteiger partial charge on any atom is 0.193 e. The van der Waals surface area contributed by atoms with E-state index in [0.29, 0.717) is 11.1 Å². The fourth-order valence-corrected chi connectivity index (χ4v) is 1.72. The van der Waals surface area contributed by atoms with Crippen molar-refractivity contribution in [3.8, 4) is 0 Å². The van der Waals surface area contributed by atoms with Gasteiger partial charge in [-0.05, 0) is 18.6 Å². The van der Waals surface area contributed by atoms with Crippen LogP contribution in [-0.4, -0.2) is 5.78 Å². The lowest BCUT2D eigenvalue weighted by atomic mass is 9.99. The summed E-state index contributed by atoms with van der Waals surface area (Å²) in [6, 6.07) is 16.7. The standard InChI is InChI=1S/C15H15NO/c1-11(16)13-8-5-9-14(10-13)15(17)12-6-3-2-4-7-12/h2-11H,16H2,1H3/t11-/m1/s1. The first kappa shape index (κ1) is 11.6. The minimum Gasteiger partial charge on any atom is -0.324 e. The molecule has 2 aromatic carbocycles. The molecule has 2 rings (SSSR count). The number of hydrogen-bond acceptors (Lipinski definition) is 2. The number of rotatable bonds is 3. The number of benzene rings is 2. The lowest BCUT2D eigenvalue weighted by molar-refractivity contribution is 0.103. The molecule has 0 fully saturated rings. The zero-order chi connectivity index (χ0) is 12.3. The Kier molecular flexibility index (Phi) is 3.35. The molecule has 2 heteroatoms. The zero-order valence-electron chi connectivity index (χ0n) is 9.76. The topological polar surface area (TPSA) is 43.1 Å². The molecule has 0 radical (unpaired) electrons. The minimum atomic E-state index is -0.0569. The number of carbonyl (C=O) groups excluding carboxylic acids is 1. The van der Waals surface area contributed by atoms with E-state index in [1.807, 2.05) is 61.5 Å². The fraction of sp³-hybridized carbons (Fsp3) is 0.133. The highest BCUT2D eigenvalue weighted by Crippen LogP contribution is 2.15. The van der Waals surface area contributed by atoms with Crippen molar-refractivity contribution in [2.24, 2.45) is 5.73 Å². The van der Waals surface area contributed by atoms with Crippen molar-refractivity contribution >= 4 is 5.78 Å². The third-order valence-corrected chi connectivity index (χ3v) is 2.71. The van der Waals surface area contributed by atoms with E-state index >= 15 is 0 Å². The highest BCUT2D eigenvalue weighted by Gasteiger charge is 2.09. The van der Waals surface area contributed by atoms with Crippen LogP contribution in [0.2, 0.25) is 0 Å². The molecule has 2 nitrogen and oxygen atoms in total. The Bertz CT molecular complexity index is 517. The van der Waals surface area contributed by atoms with E-state index in [9.17, 15) is 4.79 Å². The summed E-state index contributed by atoms with van der Waals surface area (Å²) in [6.45, 7) is 1.91. The Balaban J connectivity index is 2.35. The van der Waals surface area contributed by atoms with Crippen molar-refractivity contribution in [3.63, 3.8) is 0 Å².